The third-order valence-corrected chi connectivity index (χ3v) is 19.5. The first-order valence-corrected chi connectivity index (χ1v) is 34.4. The van der Waals surface area contributed by atoms with E-state index in [2.05, 4.69) is 27.8 Å². The van der Waals surface area contributed by atoms with Crippen LogP contribution in [0.3, 0.4) is 0 Å². The monoisotopic (exact) mass is 1360 g/mol. The van der Waals surface area contributed by atoms with Crippen LogP contribution in [0.15, 0.2) is 48.5 Å². The minimum Gasteiger partial charge on any atom is -0.379 e. The first-order chi connectivity index (χ1) is 42.6. The smallest absolute Gasteiger partial charge is 0.230 e. The number of amides is 8. The van der Waals surface area contributed by atoms with Gasteiger partial charge in [-0.1, -0.05) is 138 Å². The highest BCUT2D eigenvalue weighted by molar-refractivity contribution is 8.24. The molecule has 4 fully saturated rings. The minimum absolute atomic E-state index is 0.00652. The van der Waals surface area contributed by atoms with Gasteiger partial charge in [0.1, 0.15) is 17.3 Å². The molecule has 0 spiro atoms. The summed E-state index contributed by atoms with van der Waals surface area (Å²) in [4.78, 5) is 113. The number of nitrogens with one attached hydrogen (secondary N) is 3. The highest BCUT2D eigenvalue weighted by Gasteiger charge is 2.29. The van der Waals surface area contributed by atoms with Crippen molar-refractivity contribution in [3.05, 3.63) is 65.2 Å². The predicted molar refractivity (Wildman–Crippen MR) is 355 cm³/mol. The van der Waals surface area contributed by atoms with Gasteiger partial charge in [-0.15, -0.1) is 0 Å². The Morgan fingerprint density at radius 2 is 0.705 bits per heavy atom. The van der Waals surface area contributed by atoms with Crippen LogP contribution in [0.5, 0.6) is 0 Å². The van der Waals surface area contributed by atoms with Crippen LogP contribution in [0.4, 0.5) is 5.69 Å². The van der Waals surface area contributed by atoms with E-state index >= 15 is 0 Å². The van der Waals surface area contributed by atoms with Gasteiger partial charge in [-0.25, -0.2) is 0 Å². The second kappa shape index (κ2) is 38.2. The van der Waals surface area contributed by atoms with Crippen molar-refractivity contribution in [2.45, 2.75) is 76.0 Å². The van der Waals surface area contributed by atoms with Crippen molar-refractivity contribution >= 4 is 166 Å². The first-order valence-electron chi connectivity index (χ1n) is 28.9. The summed E-state index contributed by atoms with van der Waals surface area (Å²) in [5, 5.41) is 8.71. The number of anilines is 1. The lowest BCUT2D eigenvalue weighted by molar-refractivity contribution is -0.129. The van der Waals surface area contributed by atoms with Crippen LogP contribution in [0.2, 0.25) is 0 Å². The maximum atomic E-state index is 14.0. The molecule has 0 aliphatic carbocycles. The Kier molecular flexibility index (Phi) is 30.7. The molecular weight excluding hydrogens is 1290 g/mol. The summed E-state index contributed by atoms with van der Waals surface area (Å²) in [6.45, 7) is 2.35. The zero-order valence-electron chi connectivity index (χ0n) is 48.6. The average molecular weight is 1360 g/mol. The molecule has 5 heterocycles. The number of nitrogens with zero attached hydrogens (tertiary/aromatic N) is 5. The van der Waals surface area contributed by atoms with Gasteiger partial charge < -0.3 is 49.3 Å². The molecule has 2 aromatic carbocycles. The highest BCUT2D eigenvalue weighted by Crippen LogP contribution is 2.27. The molecule has 5 aliphatic rings. The molecule has 30 heteroatoms. The van der Waals surface area contributed by atoms with Crippen molar-refractivity contribution < 1.29 is 66.8 Å². The molecule has 2 aromatic rings. The Balaban J connectivity index is 0.919. The van der Waals surface area contributed by atoms with Crippen LogP contribution in [0.1, 0.15) is 68.1 Å². The van der Waals surface area contributed by atoms with Gasteiger partial charge in [0, 0.05) is 86.0 Å². The van der Waals surface area contributed by atoms with Gasteiger partial charge in [0.05, 0.1) is 135 Å². The van der Waals surface area contributed by atoms with Gasteiger partial charge in [-0.2, -0.15) is 0 Å². The van der Waals surface area contributed by atoms with Crippen LogP contribution in [-0.4, -0.2) is 231 Å². The number of carbonyl (C=O) groups is 8. The minimum atomic E-state index is -0.790. The van der Waals surface area contributed by atoms with Crippen molar-refractivity contribution in [1.29, 1.82) is 0 Å². The van der Waals surface area contributed by atoms with Crippen LogP contribution in [-0.2, 0) is 73.3 Å². The van der Waals surface area contributed by atoms with Crippen molar-refractivity contribution in [2.24, 2.45) is 0 Å². The molecular formula is C58H72N8O14S8. The second-order valence-corrected chi connectivity index (χ2v) is 27.2. The molecule has 0 bridgehead atoms. The molecule has 4 saturated heterocycles. The van der Waals surface area contributed by atoms with Crippen LogP contribution in [0.25, 0.3) is 0 Å². The van der Waals surface area contributed by atoms with E-state index in [0.717, 1.165) is 34.1 Å². The van der Waals surface area contributed by atoms with E-state index in [1.54, 1.807) is 24.5 Å². The number of rotatable bonds is 36. The van der Waals surface area contributed by atoms with E-state index in [1.165, 1.54) is 47.0 Å². The standard InChI is InChI=1S/C58H72N8O14S8/c67-47(11-12-50(70)66-33-42-7-2-1-5-40(42)9-10-41-6-3-4-8-46(41)66)59-43(34-75-23-13-48(68)60-44(36-77-25-15-51(71)62-19-29-85-55(62)81)37-78-26-16-52(72)63-20-30-86-56(63)82)35-76-24-14-49(69)61-45(38-79-27-17-53(73)64-21-31-87-57(64)83)39-80-28-18-54(74)65-22-32-88-58(65)84/h1-8,43-45H,11-39H2,(H,59,67)(H,60,68)(H,61,69). The Bertz CT molecular complexity index is 2710. The lowest BCUT2D eigenvalue weighted by atomic mass is 10.0. The number of benzene rings is 2. The van der Waals surface area contributed by atoms with E-state index in [0.29, 0.717) is 54.7 Å². The molecule has 0 aromatic heterocycles. The third kappa shape index (κ3) is 23.5. The summed E-state index contributed by atoms with van der Waals surface area (Å²) in [7, 11) is 0. The van der Waals surface area contributed by atoms with Crippen molar-refractivity contribution in [3.8, 4) is 11.8 Å². The number of para-hydroxylation sites is 1. The number of hydrogen-bond donors (Lipinski definition) is 3. The van der Waals surface area contributed by atoms with Gasteiger partial charge in [-0.3, -0.25) is 58.0 Å². The molecule has 7 rings (SSSR count). The molecule has 22 nitrogen and oxygen atoms in total. The van der Waals surface area contributed by atoms with E-state index in [9.17, 15) is 38.4 Å². The van der Waals surface area contributed by atoms with Crippen LogP contribution < -0.4 is 20.9 Å². The number of hydrogen-bond acceptors (Lipinski definition) is 22. The van der Waals surface area contributed by atoms with Gasteiger partial charge in [0.2, 0.25) is 47.3 Å². The Morgan fingerprint density at radius 1 is 0.398 bits per heavy atom. The summed E-state index contributed by atoms with van der Waals surface area (Å²) in [5.41, 5.74) is 2.97. The number of carbonyl (C=O) groups excluding carboxylic acids is 8. The molecule has 88 heavy (non-hydrogen) atoms. The quantitative estimate of drug-likeness (QED) is 0.0495. The maximum absolute atomic E-state index is 14.0. The average Bonchev–Trinajstić information content (AvgIpc) is 2.29. The molecule has 476 valence electrons. The van der Waals surface area contributed by atoms with Crippen LogP contribution in [0, 0.1) is 11.8 Å². The van der Waals surface area contributed by atoms with E-state index in [1.807, 2.05) is 48.5 Å². The van der Waals surface area contributed by atoms with Crippen molar-refractivity contribution in [3.63, 3.8) is 0 Å². The topological polar surface area (TPSA) is 244 Å². The summed E-state index contributed by atoms with van der Waals surface area (Å²) in [6.07, 6.45) is -0.178. The fraction of sp³-hybridized carbons (Fsp3) is 0.552. The number of ether oxygens (including phenoxy) is 6. The zero-order valence-corrected chi connectivity index (χ0v) is 55.1. The number of thiocarbonyl (C=S) groups is 4. The molecule has 8 amide bonds. The molecule has 5 aliphatic heterocycles. The largest absolute Gasteiger partial charge is 0.379 e. The normalized spacial score (nSPS) is 15.6. The van der Waals surface area contributed by atoms with Gasteiger partial charge >= 0.3 is 0 Å². The zero-order chi connectivity index (χ0) is 62.6. The van der Waals surface area contributed by atoms with Crippen LogP contribution >= 0.6 is 95.9 Å². The van der Waals surface area contributed by atoms with Crippen molar-refractivity contribution in [2.75, 3.05) is 133 Å². The summed E-state index contributed by atoms with van der Waals surface area (Å²) < 4.78 is 37.4. The maximum Gasteiger partial charge on any atom is 0.230 e. The summed E-state index contributed by atoms with van der Waals surface area (Å²) >= 11 is 26.9. The number of fused-ring (bicyclic) bond motifs is 2. The Labute approximate surface area is 551 Å². The van der Waals surface area contributed by atoms with E-state index in [4.69, 9.17) is 77.3 Å². The fourth-order valence-electron chi connectivity index (χ4n) is 9.20. The van der Waals surface area contributed by atoms with E-state index < -0.39 is 35.8 Å². The van der Waals surface area contributed by atoms with E-state index in [-0.39, 0.29) is 167 Å². The first kappa shape index (κ1) is 70.7. The molecule has 0 radical (unpaired) electrons. The highest BCUT2D eigenvalue weighted by atomic mass is 32.2. The number of thioether (sulfide) groups is 4. The Morgan fingerprint density at radius 3 is 1.07 bits per heavy atom. The van der Waals surface area contributed by atoms with Gasteiger partial charge in [0.15, 0.2) is 0 Å². The van der Waals surface area contributed by atoms with Gasteiger partial charge in [0.25, 0.3) is 0 Å². The van der Waals surface area contributed by atoms with Crippen molar-refractivity contribution in [1.82, 2.24) is 35.6 Å². The molecule has 3 N–H and O–H groups in total. The third-order valence-electron chi connectivity index (χ3n) is 13.8. The summed E-state index contributed by atoms with van der Waals surface area (Å²) in [6, 6.07) is 12.8. The SMILES string of the molecule is O=C(CCOCC(COCCC(=O)NC(COCCC(=O)N1CCSC1=S)COCCC(=O)N1CCSC1=S)NC(=O)CCC(=O)N1Cc2ccccc2C#Cc2ccccc21)NC(COCCC(=O)N1CCSC1=S)COCCC(=O)N1CCSC1=S. The predicted octanol–water partition coefficient (Wildman–Crippen LogP) is 4.05. The fourth-order valence-corrected chi connectivity index (χ4v) is 14.2. The van der Waals surface area contributed by atoms with Gasteiger partial charge in [-0.05, 0) is 23.8 Å². The molecule has 0 saturated carbocycles. The molecule has 0 atom stereocenters. The lowest BCUT2D eigenvalue weighted by Gasteiger charge is -2.26. The lowest BCUT2D eigenvalue weighted by Crippen LogP contribution is -2.44. The Hall–Kier alpha value is -4.72. The molecule has 0 unspecified atom stereocenters. The summed E-state index contributed by atoms with van der Waals surface area (Å²) in [5.74, 6) is 7.16. The second-order valence-electron chi connectivity index (χ2n) is 20.3.